The van der Waals surface area contributed by atoms with Crippen LogP contribution in [0.25, 0.3) is 0 Å². The van der Waals surface area contributed by atoms with Crippen molar-refractivity contribution in [3.8, 4) is 0 Å². The first-order chi connectivity index (χ1) is 9.27. The monoisotopic (exact) mass is 284 g/mol. The zero-order valence-electron chi connectivity index (χ0n) is 13.1. The van der Waals surface area contributed by atoms with E-state index in [-0.39, 0.29) is 24.4 Å². The van der Waals surface area contributed by atoms with Crippen LogP contribution in [0.3, 0.4) is 0 Å². The molecule has 5 nitrogen and oxygen atoms in total. The summed E-state index contributed by atoms with van der Waals surface area (Å²) in [6.07, 6.45) is 2.62. The average Bonchev–Trinajstić information content (AvgIpc) is 2.83. The topological polar surface area (TPSA) is 69.6 Å². The summed E-state index contributed by atoms with van der Waals surface area (Å²) >= 11 is 0. The lowest BCUT2D eigenvalue weighted by Gasteiger charge is -2.30. The lowest BCUT2D eigenvalue weighted by molar-refractivity contribution is -0.144. The zero-order valence-corrected chi connectivity index (χ0v) is 13.1. The third kappa shape index (κ3) is 4.47. The van der Waals surface area contributed by atoms with Crippen molar-refractivity contribution in [2.45, 2.75) is 65.5 Å². The van der Waals surface area contributed by atoms with Crippen molar-refractivity contribution in [1.29, 1.82) is 0 Å². The molecule has 1 aliphatic heterocycles. The van der Waals surface area contributed by atoms with E-state index < -0.39 is 11.5 Å². The third-order valence-electron chi connectivity index (χ3n) is 3.59. The van der Waals surface area contributed by atoms with Gasteiger partial charge in [0.25, 0.3) is 0 Å². The highest BCUT2D eigenvalue weighted by atomic mass is 16.3. The summed E-state index contributed by atoms with van der Waals surface area (Å²) in [5, 5.41) is 12.4. The van der Waals surface area contributed by atoms with Crippen molar-refractivity contribution in [1.82, 2.24) is 10.2 Å². The molecule has 20 heavy (non-hydrogen) atoms. The fourth-order valence-corrected chi connectivity index (χ4v) is 2.48. The molecular weight excluding hydrogens is 256 g/mol. The van der Waals surface area contributed by atoms with Crippen LogP contribution in [0, 0.1) is 5.41 Å². The molecule has 116 valence electrons. The molecular formula is C15H28N2O3. The molecule has 1 heterocycles. The van der Waals surface area contributed by atoms with Gasteiger partial charge in [0.2, 0.25) is 11.8 Å². The number of hydrogen-bond donors (Lipinski definition) is 2. The maximum absolute atomic E-state index is 12.3. The lowest BCUT2D eigenvalue weighted by atomic mass is 9.94. The summed E-state index contributed by atoms with van der Waals surface area (Å²) in [4.78, 5) is 26.2. The Balaban J connectivity index is 2.56. The number of amides is 2. The maximum atomic E-state index is 12.3. The van der Waals surface area contributed by atoms with Crippen LogP contribution in [0.4, 0.5) is 0 Å². The molecule has 0 bridgehead atoms. The smallest absolute Gasteiger partial charge is 0.242 e. The molecule has 2 amide bonds. The minimum absolute atomic E-state index is 0.0178. The number of aliphatic hydroxyl groups excluding tert-OH is 1. The van der Waals surface area contributed by atoms with Crippen LogP contribution >= 0.6 is 0 Å². The van der Waals surface area contributed by atoms with Crippen molar-refractivity contribution < 1.29 is 14.7 Å². The Hall–Kier alpha value is -1.10. The molecule has 1 aliphatic rings. The summed E-state index contributed by atoms with van der Waals surface area (Å²) in [7, 11) is 0. The number of carbonyl (C=O) groups is 2. The van der Waals surface area contributed by atoms with E-state index in [1.807, 2.05) is 27.7 Å². The SMILES string of the molecule is CCCC(O)CNC(=O)C1CCCN1C(=O)C(C)(C)C. The van der Waals surface area contributed by atoms with Gasteiger partial charge in [-0.15, -0.1) is 0 Å². The fraction of sp³-hybridized carbons (Fsp3) is 0.867. The predicted molar refractivity (Wildman–Crippen MR) is 78.1 cm³/mol. The molecule has 1 saturated heterocycles. The summed E-state index contributed by atoms with van der Waals surface area (Å²) < 4.78 is 0. The van der Waals surface area contributed by atoms with Gasteiger partial charge in [0, 0.05) is 18.5 Å². The van der Waals surface area contributed by atoms with Crippen LogP contribution in [-0.2, 0) is 9.59 Å². The molecule has 0 radical (unpaired) electrons. The van der Waals surface area contributed by atoms with Gasteiger partial charge in [0.15, 0.2) is 0 Å². The van der Waals surface area contributed by atoms with Crippen LogP contribution in [0.5, 0.6) is 0 Å². The van der Waals surface area contributed by atoms with Gasteiger partial charge < -0.3 is 15.3 Å². The maximum Gasteiger partial charge on any atom is 0.242 e. The number of nitrogens with one attached hydrogen (secondary N) is 1. The first kappa shape index (κ1) is 17.0. The van der Waals surface area contributed by atoms with Gasteiger partial charge in [-0.2, -0.15) is 0 Å². The molecule has 0 aromatic heterocycles. The highest BCUT2D eigenvalue weighted by Crippen LogP contribution is 2.25. The number of nitrogens with zero attached hydrogens (tertiary/aromatic N) is 1. The van der Waals surface area contributed by atoms with Crippen molar-refractivity contribution in [3.63, 3.8) is 0 Å². The Morgan fingerprint density at radius 3 is 2.60 bits per heavy atom. The Morgan fingerprint density at radius 2 is 2.05 bits per heavy atom. The molecule has 0 aromatic carbocycles. The first-order valence-electron chi connectivity index (χ1n) is 7.54. The van der Waals surface area contributed by atoms with E-state index in [0.717, 1.165) is 12.8 Å². The predicted octanol–water partition coefficient (Wildman–Crippen LogP) is 1.30. The summed E-state index contributed by atoms with van der Waals surface area (Å²) in [6.45, 7) is 8.51. The van der Waals surface area contributed by atoms with E-state index in [4.69, 9.17) is 0 Å². The number of carbonyl (C=O) groups excluding carboxylic acids is 2. The van der Waals surface area contributed by atoms with Gasteiger partial charge in [-0.25, -0.2) is 0 Å². The Kier molecular flexibility index (Phi) is 5.99. The molecule has 2 atom stereocenters. The molecule has 1 rings (SSSR count). The van der Waals surface area contributed by atoms with Gasteiger partial charge in [-0.3, -0.25) is 9.59 Å². The molecule has 2 N–H and O–H groups in total. The van der Waals surface area contributed by atoms with Crippen LogP contribution in [0.2, 0.25) is 0 Å². The van der Waals surface area contributed by atoms with Gasteiger partial charge in [-0.05, 0) is 19.3 Å². The van der Waals surface area contributed by atoms with Crippen LogP contribution < -0.4 is 5.32 Å². The van der Waals surface area contributed by atoms with Crippen LogP contribution in [-0.4, -0.2) is 47.1 Å². The van der Waals surface area contributed by atoms with Crippen molar-refractivity contribution in [3.05, 3.63) is 0 Å². The van der Waals surface area contributed by atoms with Crippen molar-refractivity contribution in [2.24, 2.45) is 5.41 Å². The molecule has 0 spiro atoms. The molecule has 1 fully saturated rings. The Morgan fingerprint density at radius 1 is 1.40 bits per heavy atom. The Labute approximate surface area is 121 Å². The van der Waals surface area contributed by atoms with Gasteiger partial charge in [0.1, 0.15) is 6.04 Å². The van der Waals surface area contributed by atoms with Crippen LogP contribution in [0.15, 0.2) is 0 Å². The minimum atomic E-state index is -0.503. The fourth-order valence-electron chi connectivity index (χ4n) is 2.48. The summed E-state index contributed by atoms with van der Waals surface area (Å²) in [5.41, 5.74) is -0.468. The average molecular weight is 284 g/mol. The third-order valence-corrected chi connectivity index (χ3v) is 3.59. The van der Waals surface area contributed by atoms with E-state index in [1.165, 1.54) is 0 Å². The molecule has 2 unspecified atom stereocenters. The highest BCUT2D eigenvalue weighted by Gasteiger charge is 2.38. The molecule has 0 aromatic rings. The van der Waals surface area contributed by atoms with Gasteiger partial charge >= 0.3 is 0 Å². The van der Waals surface area contributed by atoms with Gasteiger partial charge in [0.05, 0.1) is 6.10 Å². The first-order valence-corrected chi connectivity index (χ1v) is 7.54. The van der Waals surface area contributed by atoms with E-state index in [0.29, 0.717) is 19.4 Å². The normalized spacial score (nSPS) is 20.9. The van der Waals surface area contributed by atoms with E-state index in [2.05, 4.69) is 5.32 Å². The Bertz CT molecular complexity index is 350. The van der Waals surface area contributed by atoms with Gasteiger partial charge in [-0.1, -0.05) is 34.1 Å². The number of likely N-dealkylation sites (tertiary alicyclic amines) is 1. The summed E-state index contributed by atoms with van der Waals surface area (Å²) in [6, 6.07) is -0.379. The largest absolute Gasteiger partial charge is 0.391 e. The summed E-state index contributed by atoms with van der Waals surface area (Å²) in [5.74, 6) is -0.125. The molecule has 5 heteroatoms. The van der Waals surface area contributed by atoms with E-state index >= 15 is 0 Å². The number of rotatable bonds is 5. The highest BCUT2D eigenvalue weighted by molar-refractivity contribution is 5.90. The van der Waals surface area contributed by atoms with Crippen molar-refractivity contribution in [2.75, 3.05) is 13.1 Å². The molecule has 0 saturated carbocycles. The van der Waals surface area contributed by atoms with E-state index in [9.17, 15) is 14.7 Å². The standard InChI is InChI=1S/C15H28N2O3/c1-5-7-11(18)10-16-13(19)12-8-6-9-17(12)14(20)15(2,3)4/h11-12,18H,5-10H2,1-4H3,(H,16,19). The molecule has 0 aliphatic carbocycles. The number of aliphatic hydroxyl groups is 1. The lowest BCUT2D eigenvalue weighted by Crippen LogP contribution is -2.50. The quantitative estimate of drug-likeness (QED) is 0.799. The second kappa shape index (κ2) is 7.07. The van der Waals surface area contributed by atoms with Crippen LogP contribution in [0.1, 0.15) is 53.4 Å². The number of hydrogen-bond acceptors (Lipinski definition) is 3. The second-order valence-electron chi connectivity index (χ2n) is 6.59. The zero-order chi connectivity index (χ0) is 15.3. The minimum Gasteiger partial charge on any atom is -0.391 e. The second-order valence-corrected chi connectivity index (χ2v) is 6.59. The van der Waals surface area contributed by atoms with Crippen molar-refractivity contribution >= 4 is 11.8 Å². The van der Waals surface area contributed by atoms with E-state index in [1.54, 1.807) is 4.90 Å².